The lowest BCUT2D eigenvalue weighted by Gasteiger charge is -2.24. The zero-order valence-corrected chi connectivity index (χ0v) is 15.6. The summed E-state index contributed by atoms with van der Waals surface area (Å²) in [6.07, 6.45) is 12.4. The molecule has 2 fully saturated rings. The molecule has 2 N–H and O–H groups in total. The monoisotopic (exact) mass is 350 g/mol. The summed E-state index contributed by atoms with van der Waals surface area (Å²) in [4.78, 5) is 0. The Kier molecular flexibility index (Phi) is 5.19. The number of phenolic OH excluding ortho intramolecular Hbond substituents is 2. The van der Waals surface area contributed by atoms with E-state index in [9.17, 15) is 10.2 Å². The summed E-state index contributed by atoms with van der Waals surface area (Å²) in [6, 6.07) is 12.1. The van der Waals surface area contributed by atoms with Crippen LogP contribution < -0.4 is 0 Å². The average Bonchev–Trinajstić information content (AvgIpc) is 2.69. The van der Waals surface area contributed by atoms with Crippen molar-refractivity contribution in [2.24, 2.45) is 0 Å². The highest BCUT2D eigenvalue weighted by Crippen LogP contribution is 2.41. The number of hydrogen-bond acceptors (Lipinski definition) is 2. The van der Waals surface area contributed by atoms with Gasteiger partial charge in [0.15, 0.2) is 0 Å². The molecular weight excluding hydrogens is 320 g/mol. The molecule has 0 amide bonds. The molecule has 2 aliphatic carbocycles. The van der Waals surface area contributed by atoms with E-state index in [2.05, 4.69) is 18.2 Å². The van der Waals surface area contributed by atoms with Crippen LogP contribution in [0.25, 0.3) is 11.1 Å². The maximum absolute atomic E-state index is 10.6. The predicted molar refractivity (Wildman–Crippen MR) is 107 cm³/mol. The van der Waals surface area contributed by atoms with Crippen LogP contribution in [0, 0.1) is 0 Å². The Morgan fingerprint density at radius 2 is 1.08 bits per heavy atom. The normalized spacial score (nSPS) is 19.5. The summed E-state index contributed by atoms with van der Waals surface area (Å²) < 4.78 is 0. The Morgan fingerprint density at radius 1 is 0.538 bits per heavy atom. The molecule has 2 saturated carbocycles. The minimum atomic E-state index is 0.420. The van der Waals surface area contributed by atoms with Gasteiger partial charge in [0.05, 0.1) is 0 Å². The summed E-state index contributed by atoms with van der Waals surface area (Å²) in [7, 11) is 0. The smallest absolute Gasteiger partial charge is 0.119 e. The van der Waals surface area contributed by atoms with Gasteiger partial charge in [-0.25, -0.2) is 0 Å². The van der Waals surface area contributed by atoms with Gasteiger partial charge in [0.25, 0.3) is 0 Å². The fraction of sp³-hybridized carbons (Fsp3) is 0.500. The van der Waals surface area contributed by atoms with Gasteiger partial charge in [0.1, 0.15) is 11.5 Å². The second-order valence-electron chi connectivity index (χ2n) is 8.22. The standard InChI is InChI=1S/C24H30O2/c25-23-14-12-19(15-22(23)18-9-5-2-6-10-18)20-11-13-21(24(26)16-20)17-7-3-1-4-8-17/h11-18,25-26H,1-10H2. The van der Waals surface area contributed by atoms with Crippen molar-refractivity contribution in [3.05, 3.63) is 47.5 Å². The van der Waals surface area contributed by atoms with Crippen molar-refractivity contribution in [3.8, 4) is 22.6 Å². The minimum absolute atomic E-state index is 0.420. The van der Waals surface area contributed by atoms with Crippen molar-refractivity contribution in [2.75, 3.05) is 0 Å². The number of benzene rings is 2. The molecule has 26 heavy (non-hydrogen) atoms. The molecule has 2 aromatic rings. The first-order valence-corrected chi connectivity index (χ1v) is 10.4. The van der Waals surface area contributed by atoms with Crippen molar-refractivity contribution in [1.82, 2.24) is 0 Å². The molecule has 2 heteroatoms. The van der Waals surface area contributed by atoms with Gasteiger partial charge in [-0.15, -0.1) is 0 Å². The molecule has 2 aromatic carbocycles. The topological polar surface area (TPSA) is 40.5 Å². The molecule has 0 saturated heterocycles. The maximum Gasteiger partial charge on any atom is 0.119 e. The van der Waals surface area contributed by atoms with Gasteiger partial charge in [0, 0.05) is 0 Å². The van der Waals surface area contributed by atoms with Crippen LogP contribution in [-0.4, -0.2) is 10.2 Å². The molecule has 0 radical (unpaired) electrons. The Labute approximate surface area is 156 Å². The first-order valence-electron chi connectivity index (χ1n) is 10.4. The molecule has 0 atom stereocenters. The van der Waals surface area contributed by atoms with Gasteiger partial charge in [0.2, 0.25) is 0 Å². The molecule has 2 nitrogen and oxygen atoms in total. The third-order valence-electron chi connectivity index (χ3n) is 6.48. The zero-order chi connectivity index (χ0) is 17.9. The summed E-state index contributed by atoms with van der Waals surface area (Å²) in [5.74, 6) is 1.83. The second-order valence-corrected chi connectivity index (χ2v) is 8.22. The van der Waals surface area contributed by atoms with E-state index in [1.807, 2.05) is 18.2 Å². The van der Waals surface area contributed by atoms with Crippen molar-refractivity contribution in [3.63, 3.8) is 0 Å². The maximum atomic E-state index is 10.6. The van der Waals surface area contributed by atoms with Crippen LogP contribution in [0.4, 0.5) is 0 Å². The molecule has 2 aliphatic rings. The molecule has 0 heterocycles. The van der Waals surface area contributed by atoms with Gasteiger partial charge in [-0.2, -0.15) is 0 Å². The summed E-state index contributed by atoms with van der Waals surface area (Å²) in [5, 5.41) is 21.0. The second kappa shape index (κ2) is 7.73. The van der Waals surface area contributed by atoms with E-state index in [1.165, 1.54) is 64.2 Å². The molecule has 0 unspecified atom stereocenters. The number of hydrogen-bond donors (Lipinski definition) is 2. The number of phenols is 2. The highest BCUT2D eigenvalue weighted by atomic mass is 16.3. The Hall–Kier alpha value is -1.96. The van der Waals surface area contributed by atoms with Gasteiger partial charge < -0.3 is 10.2 Å². The minimum Gasteiger partial charge on any atom is -0.508 e. The van der Waals surface area contributed by atoms with Crippen molar-refractivity contribution >= 4 is 0 Å². The molecule has 4 rings (SSSR count). The number of rotatable bonds is 3. The van der Waals surface area contributed by atoms with Crippen LogP contribution in [0.15, 0.2) is 36.4 Å². The van der Waals surface area contributed by atoms with E-state index in [0.29, 0.717) is 23.3 Å². The third-order valence-corrected chi connectivity index (χ3v) is 6.48. The molecule has 0 spiro atoms. The molecule has 0 aromatic heterocycles. The van der Waals surface area contributed by atoms with Crippen LogP contribution >= 0.6 is 0 Å². The highest BCUT2D eigenvalue weighted by molar-refractivity contribution is 5.68. The molecular formula is C24H30O2. The fourth-order valence-corrected chi connectivity index (χ4v) is 4.96. The van der Waals surface area contributed by atoms with Crippen LogP contribution in [0.1, 0.15) is 87.2 Å². The highest BCUT2D eigenvalue weighted by Gasteiger charge is 2.21. The van der Waals surface area contributed by atoms with Crippen LogP contribution in [-0.2, 0) is 0 Å². The van der Waals surface area contributed by atoms with Crippen molar-refractivity contribution in [2.45, 2.75) is 76.0 Å². The summed E-state index contributed by atoms with van der Waals surface area (Å²) in [5.41, 5.74) is 4.32. The van der Waals surface area contributed by atoms with Gasteiger partial charge in [-0.3, -0.25) is 0 Å². The van der Waals surface area contributed by atoms with Gasteiger partial charge in [-0.05, 0) is 78.0 Å². The summed E-state index contributed by atoms with van der Waals surface area (Å²) >= 11 is 0. The lowest BCUT2D eigenvalue weighted by Crippen LogP contribution is -2.05. The molecule has 0 aliphatic heterocycles. The van der Waals surface area contributed by atoms with E-state index in [4.69, 9.17) is 0 Å². The van der Waals surface area contributed by atoms with Crippen molar-refractivity contribution in [1.29, 1.82) is 0 Å². The SMILES string of the molecule is Oc1cc(-c2ccc(O)c(C3CCCCC3)c2)ccc1C1CCCCC1. The number of aromatic hydroxyl groups is 2. The largest absolute Gasteiger partial charge is 0.508 e. The van der Waals surface area contributed by atoms with E-state index in [1.54, 1.807) is 0 Å². The Balaban J connectivity index is 1.61. The molecule has 138 valence electrons. The van der Waals surface area contributed by atoms with Crippen LogP contribution in [0.5, 0.6) is 11.5 Å². The predicted octanol–water partition coefficient (Wildman–Crippen LogP) is 6.86. The Bertz CT molecular complexity index is 753. The first-order chi connectivity index (χ1) is 12.7. The fourth-order valence-electron chi connectivity index (χ4n) is 4.96. The lowest BCUT2D eigenvalue weighted by molar-refractivity contribution is 0.414. The van der Waals surface area contributed by atoms with E-state index < -0.39 is 0 Å². The third kappa shape index (κ3) is 3.60. The average molecular weight is 351 g/mol. The van der Waals surface area contributed by atoms with Gasteiger partial charge >= 0.3 is 0 Å². The van der Waals surface area contributed by atoms with E-state index in [0.717, 1.165) is 22.3 Å². The van der Waals surface area contributed by atoms with Crippen LogP contribution in [0.2, 0.25) is 0 Å². The molecule has 0 bridgehead atoms. The van der Waals surface area contributed by atoms with Crippen LogP contribution in [0.3, 0.4) is 0 Å². The Morgan fingerprint density at radius 3 is 1.69 bits per heavy atom. The van der Waals surface area contributed by atoms with E-state index in [-0.39, 0.29) is 0 Å². The quantitative estimate of drug-likeness (QED) is 0.635. The van der Waals surface area contributed by atoms with E-state index >= 15 is 0 Å². The first kappa shape index (κ1) is 17.5. The zero-order valence-electron chi connectivity index (χ0n) is 15.6. The lowest BCUT2D eigenvalue weighted by atomic mass is 9.82. The van der Waals surface area contributed by atoms with Crippen molar-refractivity contribution < 1.29 is 10.2 Å². The summed E-state index contributed by atoms with van der Waals surface area (Å²) in [6.45, 7) is 0. The van der Waals surface area contributed by atoms with Gasteiger partial charge in [-0.1, -0.05) is 56.7 Å².